The van der Waals surface area contributed by atoms with Gasteiger partial charge in [0.1, 0.15) is 11.6 Å². The maximum absolute atomic E-state index is 12.5. The lowest BCUT2D eigenvalue weighted by atomic mass is 9.87. The third-order valence-electron chi connectivity index (χ3n) is 5.55. The van der Waals surface area contributed by atoms with Gasteiger partial charge in [-0.1, -0.05) is 19.1 Å². The number of carbonyl (C=O) groups excluding carboxylic acids is 1. The van der Waals surface area contributed by atoms with Crippen molar-refractivity contribution in [3.8, 4) is 5.75 Å². The Hall–Kier alpha value is -2.83. The topological polar surface area (TPSA) is 70.6 Å². The summed E-state index contributed by atoms with van der Waals surface area (Å²) in [6.45, 7) is 5.48. The van der Waals surface area contributed by atoms with Gasteiger partial charge in [-0.3, -0.25) is 4.79 Å². The zero-order valence-corrected chi connectivity index (χ0v) is 16.7. The number of aromatic nitrogens is 2. The highest BCUT2D eigenvalue weighted by atomic mass is 16.5. The summed E-state index contributed by atoms with van der Waals surface area (Å²) in [7, 11) is 3.52. The van der Waals surface area contributed by atoms with Gasteiger partial charge >= 0.3 is 0 Å². The monoisotopic (exact) mass is 381 g/mol. The summed E-state index contributed by atoms with van der Waals surface area (Å²) in [6.07, 6.45) is 1.40. The lowest BCUT2D eigenvalue weighted by Gasteiger charge is -2.37. The average Bonchev–Trinajstić information content (AvgIpc) is 2.72. The largest absolute Gasteiger partial charge is 0.495 e. The molecule has 2 aliphatic rings. The first-order valence-electron chi connectivity index (χ1n) is 9.85. The quantitative estimate of drug-likeness (QED) is 0.873. The number of carbonyl (C=O) groups is 1. The molecular weight excluding hydrogens is 354 g/mol. The van der Waals surface area contributed by atoms with Crippen LogP contribution in [0.2, 0.25) is 0 Å². The van der Waals surface area contributed by atoms with Gasteiger partial charge in [0.05, 0.1) is 24.1 Å². The van der Waals surface area contributed by atoms with E-state index in [9.17, 15) is 4.79 Å². The maximum atomic E-state index is 12.5. The molecule has 1 saturated heterocycles. The molecule has 1 atom stereocenters. The van der Waals surface area contributed by atoms with E-state index in [1.807, 2.05) is 25.2 Å². The van der Waals surface area contributed by atoms with Crippen LogP contribution in [0.3, 0.4) is 0 Å². The molecule has 1 aliphatic heterocycles. The number of para-hydroxylation sites is 2. The third kappa shape index (κ3) is 3.37. The Balaban J connectivity index is 1.55. The Kier molecular flexibility index (Phi) is 5.07. The van der Waals surface area contributed by atoms with E-state index in [0.717, 1.165) is 49.7 Å². The van der Waals surface area contributed by atoms with Gasteiger partial charge in [0, 0.05) is 39.6 Å². The average molecular weight is 381 g/mol. The van der Waals surface area contributed by atoms with E-state index in [-0.39, 0.29) is 5.78 Å². The summed E-state index contributed by atoms with van der Waals surface area (Å²) >= 11 is 0. The number of fused-ring (bicyclic) bond motifs is 1. The van der Waals surface area contributed by atoms with Crippen LogP contribution in [0.4, 0.5) is 17.5 Å². The molecule has 1 aromatic carbocycles. The number of methoxy groups -OCH3 is 1. The number of hydrogen-bond donors (Lipinski definition) is 1. The van der Waals surface area contributed by atoms with Crippen LogP contribution in [0.15, 0.2) is 24.3 Å². The molecule has 1 fully saturated rings. The van der Waals surface area contributed by atoms with Crippen molar-refractivity contribution in [2.75, 3.05) is 55.5 Å². The van der Waals surface area contributed by atoms with Crippen LogP contribution < -0.4 is 19.9 Å². The van der Waals surface area contributed by atoms with Crippen molar-refractivity contribution < 1.29 is 9.53 Å². The van der Waals surface area contributed by atoms with Crippen LogP contribution in [-0.2, 0) is 6.42 Å². The van der Waals surface area contributed by atoms with Crippen LogP contribution in [0.25, 0.3) is 0 Å². The standard InChI is InChI=1S/C21H27N5O2/c1-14-12-15-19(17(27)13-14)20(22-2)24-21(23-15)26-10-8-25(9-11-26)16-6-4-5-7-18(16)28-3/h4-7,14H,8-13H2,1-3H3,(H,22,23,24)/t14-/m1/s1. The Labute approximate surface area is 165 Å². The summed E-state index contributed by atoms with van der Waals surface area (Å²) in [5.41, 5.74) is 2.67. The Morgan fingerprint density at radius 2 is 1.79 bits per heavy atom. The first-order chi connectivity index (χ1) is 13.6. The van der Waals surface area contributed by atoms with Gasteiger partial charge in [0.25, 0.3) is 0 Å². The van der Waals surface area contributed by atoms with E-state index in [0.29, 0.717) is 29.7 Å². The Bertz CT molecular complexity index is 877. The first-order valence-corrected chi connectivity index (χ1v) is 9.85. The zero-order valence-electron chi connectivity index (χ0n) is 16.7. The summed E-state index contributed by atoms with van der Waals surface area (Å²) in [4.78, 5) is 26.5. The van der Waals surface area contributed by atoms with Gasteiger partial charge in [-0.2, -0.15) is 4.98 Å². The molecule has 0 bridgehead atoms. The Morgan fingerprint density at radius 3 is 2.50 bits per heavy atom. The molecule has 0 unspecified atom stereocenters. The number of hydrogen-bond acceptors (Lipinski definition) is 7. The summed E-state index contributed by atoms with van der Waals surface area (Å²) in [5.74, 6) is 2.74. The normalized spacial score (nSPS) is 19.4. The fraction of sp³-hybridized carbons (Fsp3) is 0.476. The number of nitrogens with one attached hydrogen (secondary N) is 1. The van der Waals surface area contributed by atoms with E-state index in [1.54, 1.807) is 7.11 Å². The van der Waals surface area contributed by atoms with Crippen molar-refractivity contribution in [2.45, 2.75) is 19.8 Å². The van der Waals surface area contributed by atoms with E-state index in [4.69, 9.17) is 9.72 Å². The summed E-state index contributed by atoms with van der Waals surface area (Å²) < 4.78 is 5.50. The van der Waals surface area contributed by atoms with Gasteiger partial charge in [-0.05, 0) is 24.5 Å². The summed E-state index contributed by atoms with van der Waals surface area (Å²) in [6, 6.07) is 8.11. The fourth-order valence-electron chi connectivity index (χ4n) is 4.12. The number of nitrogens with zero attached hydrogens (tertiary/aromatic N) is 4. The van der Waals surface area contributed by atoms with Gasteiger partial charge < -0.3 is 19.9 Å². The van der Waals surface area contributed by atoms with Gasteiger partial charge in [0.2, 0.25) is 5.95 Å². The number of Topliss-reactive ketones (excluding diaryl/α,β-unsaturated/α-hetero) is 1. The zero-order chi connectivity index (χ0) is 19.7. The van der Waals surface area contributed by atoms with Crippen molar-refractivity contribution >= 4 is 23.2 Å². The van der Waals surface area contributed by atoms with Crippen LogP contribution in [0, 0.1) is 5.92 Å². The second kappa shape index (κ2) is 7.66. The number of rotatable bonds is 4. The number of ketones is 1. The fourth-order valence-corrected chi connectivity index (χ4v) is 4.12. The van der Waals surface area contributed by atoms with Crippen LogP contribution in [0.1, 0.15) is 29.4 Å². The molecule has 0 amide bonds. The number of piperazine rings is 1. The molecule has 1 N–H and O–H groups in total. The van der Waals surface area contributed by atoms with Gasteiger partial charge in [0.15, 0.2) is 5.78 Å². The number of benzene rings is 1. The minimum Gasteiger partial charge on any atom is -0.495 e. The van der Waals surface area contributed by atoms with E-state index >= 15 is 0 Å². The van der Waals surface area contributed by atoms with E-state index < -0.39 is 0 Å². The lowest BCUT2D eigenvalue weighted by molar-refractivity contribution is 0.0952. The van der Waals surface area contributed by atoms with Gasteiger partial charge in [-0.15, -0.1) is 0 Å². The van der Waals surface area contributed by atoms with E-state index in [1.165, 1.54) is 0 Å². The van der Waals surface area contributed by atoms with Crippen molar-refractivity contribution in [1.82, 2.24) is 9.97 Å². The number of ether oxygens (including phenoxy) is 1. The molecule has 1 aliphatic carbocycles. The molecule has 7 heteroatoms. The molecule has 0 radical (unpaired) electrons. The van der Waals surface area contributed by atoms with Crippen molar-refractivity contribution in [2.24, 2.45) is 5.92 Å². The highest BCUT2D eigenvalue weighted by Crippen LogP contribution is 2.32. The molecule has 148 valence electrons. The van der Waals surface area contributed by atoms with Crippen LogP contribution in [0.5, 0.6) is 5.75 Å². The smallest absolute Gasteiger partial charge is 0.227 e. The molecule has 4 rings (SSSR count). The lowest BCUT2D eigenvalue weighted by Crippen LogP contribution is -2.47. The van der Waals surface area contributed by atoms with Gasteiger partial charge in [-0.25, -0.2) is 4.98 Å². The molecule has 7 nitrogen and oxygen atoms in total. The molecule has 2 heterocycles. The Morgan fingerprint density at radius 1 is 1.07 bits per heavy atom. The van der Waals surface area contributed by atoms with E-state index in [2.05, 4.69) is 33.1 Å². The predicted molar refractivity (Wildman–Crippen MR) is 111 cm³/mol. The third-order valence-corrected chi connectivity index (χ3v) is 5.55. The SMILES string of the molecule is CNc1nc(N2CCN(c3ccccc3OC)CC2)nc2c1C(=O)C[C@H](C)C2. The molecule has 0 saturated carbocycles. The molecule has 0 spiro atoms. The van der Waals surface area contributed by atoms with Crippen molar-refractivity contribution in [1.29, 1.82) is 0 Å². The second-order valence-electron chi connectivity index (χ2n) is 7.53. The second-order valence-corrected chi connectivity index (χ2v) is 7.53. The molecular formula is C21H27N5O2. The summed E-state index contributed by atoms with van der Waals surface area (Å²) in [5, 5.41) is 3.10. The molecule has 1 aromatic heterocycles. The van der Waals surface area contributed by atoms with Crippen LogP contribution >= 0.6 is 0 Å². The maximum Gasteiger partial charge on any atom is 0.227 e. The highest BCUT2D eigenvalue weighted by Gasteiger charge is 2.29. The molecule has 2 aromatic rings. The van der Waals surface area contributed by atoms with Crippen molar-refractivity contribution in [3.63, 3.8) is 0 Å². The van der Waals surface area contributed by atoms with Crippen LogP contribution in [-0.4, -0.2) is 56.1 Å². The number of anilines is 3. The minimum absolute atomic E-state index is 0.144. The molecule has 28 heavy (non-hydrogen) atoms. The first kappa shape index (κ1) is 18.5. The highest BCUT2D eigenvalue weighted by molar-refractivity contribution is 6.02. The minimum atomic E-state index is 0.144. The van der Waals surface area contributed by atoms with Crippen molar-refractivity contribution in [3.05, 3.63) is 35.5 Å². The predicted octanol–water partition coefficient (Wildman–Crippen LogP) is 2.62.